The van der Waals surface area contributed by atoms with Gasteiger partial charge in [-0.3, -0.25) is 4.79 Å². The molecule has 0 bridgehead atoms. The number of fused-ring (bicyclic) bond motifs is 2. The number of hydrogen-bond donors (Lipinski definition) is 1. The standard InChI is InChI=1S/C19H14BrF3N2O2/c20-13-5-6-16-11(8-13)7-12(9-27-16)17-24-15-4-2-1-3-14(15)18(26)25(17)10-19(21,22)23/h1-8,17,24H,9-10H2. The van der Waals surface area contributed by atoms with E-state index in [0.29, 0.717) is 17.0 Å². The molecule has 140 valence electrons. The van der Waals surface area contributed by atoms with Crippen LogP contribution in [0.1, 0.15) is 15.9 Å². The van der Waals surface area contributed by atoms with Crippen LogP contribution in [0.5, 0.6) is 5.75 Å². The van der Waals surface area contributed by atoms with Crippen molar-refractivity contribution < 1.29 is 22.7 Å². The number of halogens is 4. The van der Waals surface area contributed by atoms with Crippen molar-refractivity contribution in [3.63, 3.8) is 0 Å². The van der Waals surface area contributed by atoms with Crippen LogP contribution in [0.15, 0.2) is 52.5 Å². The van der Waals surface area contributed by atoms with E-state index in [0.717, 1.165) is 14.9 Å². The van der Waals surface area contributed by atoms with E-state index in [9.17, 15) is 18.0 Å². The molecule has 2 aromatic rings. The van der Waals surface area contributed by atoms with Crippen LogP contribution >= 0.6 is 15.9 Å². The first kappa shape index (κ1) is 17.9. The Hall–Kier alpha value is -2.48. The number of rotatable bonds is 2. The lowest BCUT2D eigenvalue weighted by Crippen LogP contribution is -2.53. The number of benzene rings is 2. The topological polar surface area (TPSA) is 41.6 Å². The minimum absolute atomic E-state index is 0.0934. The normalized spacial score (nSPS) is 18.8. The molecule has 0 aliphatic carbocycles. The van der Waals surface area contributed by atoms with Gasteiger partial charge in [0.1, 0.15) is 25.1 Å². The predicted octanol–water partition coefficient (Wildman–Crippen LogP) is 4.68. The van der Waals surface area contributed by atoms with Gasteiger partial charge in [-0.1, -0.05) is 28.1 Å². The molecule has 27 heavy (non-hydrogen) atoms. The Morgan fingerprint density at radius 2 is 2.00 bits per heavy atom. The fourth-order valence-electron chi connectivity index (χ4n) is 3.27. The van der Waals surface area contributed by atoms with Crippen molar-refractivity contribution >= 4 is 33.6 Å². The fraction of sp³-hybridized carbons (Fsp3) is 0.211. The largest absolute Gasteiger partial charge is 0.488 e. The number of amides is 1. The van der Waals surface area contributed by atoms with E-state index < -0.39 is 24.8 Å². The molecular weight excluding hydrogens is 425 g/mol. The Morgan fingerprint density at radius 1 is 1.22 bits per heavy atom. The van der Waals surface area contributed by atoms with E-state index in [1.807, 2.05) is 12.1 Å². The molecule has 0 aromatic heterocycles. The third-order valence-electron chi connectivity index (χ3n) is 4.43. The van der Waals surface area contributed by atoms with Gasteiger partial charge in [0.15, 0.2) is 0 Å². The number of para-hydroxylation sites is 1. The number of carbonyl (C=O) groups is 1. The average Bonchev–Trinajstić information content (AvgIpc) is 2.62. The number of carbonyl (C=O) groups excluding carboxylic acids is 1. The van der Waals surface area contributed by atoms with Gasteiger partial charge in [0.25, 0.3) is 5.91 Å². The van der Waals surface area contributed by atoms with Crippen molar-refractivity contribution in [3.05, 3.63) is 63.6 Å². The maximum atomic E-state index is 13.1. The minimum atomic E-state index is -4.51. The maximum absolute atomic E-state index is 13.1. The molecule has 0 fully saturated rings. The fourth-order valence-corrected chi connectivity index (χ4v) is 3.64. The van der Waals surface area contributed by atoms with Gasteiger partial charge in [-0.25, -0.2) is 0 Å². The molecule has 8 heteroatoms. The summed E-state index contributed by atoms with van der Waals surface area (Å²) in [6.07, 6.45) is -3.69. The minimum Gasteiger partial charge on any atom is -0.488 e. The summed E-state index contributed by atoms with van der Waals surface area (Å²) >= 11 is 3.38. The number of nitrogens with one attached hydrogen (secondary N) is 1. The summed E-state index contributed by atoms with van der Waals surface area (Å²) in [7, 11) is 0. The molecule has 4 rings (SSSR count). The summed E-state index contributed by atoms with van der Waals surface area (Å²) in [5.74, 6) is -0.0144. The summed E-state index contributed by atoms with van der Waals surface area (Å²) in [6, 6.07) is 12.0. The second-order valence-electron chi connectivity index (χ2n) is 6.33. The highest BCUT2D eigenvalue weighted by molar-refractivity contribution is 9.10. The van der Waals surface area contributed by atoms with Crippen molar-refractivity contribution in [2.24, 2.45) is 0 Å². The van der Waals surface area contributed by atoms with Gasteiger partial charge in [-0.2, -0.15) is 13.2 Å². The van der Waals surface area contributed by atoms with E-state index in [4.69, 9.17) is 4.74 Å². The van der Waals surface area contributed by atoms with Crippen molar-refractivity contribution in [1.29, 1.82) is 0 Å². The van der Waals surface area contributed by atoms with Crippen molar-refractivity contribution in [1.82, 2.24) is 4.90 Å². The number of hydrogen-bond acceptors (Lipinski definition) is 3. The summed E-state index contributed by atoms with van der Waals surface area (Å²) in [6.45, 7) is -1.25. The molecule has 2 aromatic carbocycles. The molecule has 0 saturated heterocycles. The molecule has 0 spiro atoms. The molecule has 0 saturated carbocycles. The van der Waals surface area contributed by atoms with Gasteiger partial charge in [0.05, 0.1) is 5.56 Å². The summed E-state index contributed by atoms with van der Waals surface area (Å²) in [4.78, 5) is 13.6. The Balaban J connectivity index is 1.76. The third-order valence-corrected chi connectivity index (χ3v) is 4.92. The third kappa shape index (κ3) is 3.53. The second-order valence-corrected chi connectivity index (χ2v) is 7.25. The molecule has 2 aliphatic rings. The van der Waals surface area contributed by atoms with E-state index in [2.05, 4.69) is 21.2 Å². The van der Waals surface area contributed by atoms with Crippen LogP contribution in [0.25, 0.3) is 6.08 Å². The Kier molecular flexibility index (Phi) is 4.38. The first-order chi connectivity index (χ1) is 12.8. The van der Waals surface area contributed by atoms with Gasteiger partial charge in [-0.05, 0) is 36.4 Å². The maximum Gasteiger partial charge on any atom is 0.406 e. The molecule has 1 amide bonds. The summed E-state index contributed by atoms with van der Waals surface area (Å²) in [5, 5.41) is 3.06. The van der Waals surface area contributed by atoms with Crippen LogP contribution in [-0.2, 0) is 0 Å². The Bertz CT molecular complexity index is 943. The Labute approximate surface area is 161 Å². The smallest absolute Gasteiger partial charge is 0.406 e. The van der Waals surface area contributed by atoms with E-state index in [1.165, 1.54) is 6.07 Å². The van der Waals surface area contributed by atoms with Crippen LogP contribution in [-0.4, -0.2) is 36.3 Å². The molecule has 2 heterocycles. The van der Waals surface area contributed by atoms with Crippen molar-refractivity contribution in [2.45, 2.75) is 12.3 Å². The highest BCUT2D eigenvalue weighted by atomic mass is 79.9. The van der Waals surface area contributed by atoms with E-state index in [1.54, 1.807) is 30.3 Å². The first-order valence-electron chi connectivity index (χ1n) is 8.18. The Morgan fingerprint density at radius 3 is 2.78 bits per heavy atom. The lowest BCUT2D eigenvalue weighted by atomic mass is 10.0. The van der Waals surface area contributed by atoms with Crippen LogP contribution in [0.2, 0.25) is 0 Å². The van der Waals surface area contributed by atoms with Crippen LogP contribution in [0.3, 0.4) is 0 Å². The summed E-state index contributed by atoms with van der Waals surface area (Å²) in [5.41, 5.74) is 2.02. The van der Waals surface area contributed by atoms with E-state index in [-0.39, 0.29) is 12.2 Å². The predicted molar refractivity (Wildman–Crippen MR) is 98.6 cm³/mol. The second kappa shape index (κ2) is 6.60. The highest BCUT2D eigenvalue weighted by Crippen LogP contribution is 2.35. The van der Waals surface area contributed by atoms with Gasteiger partial charge in [0.2, 0.25) is 0 Å². The first-order valence-corrected chi connectivity index (χ1v) is 8.97. The average molecular weight is 439 g/mol. The lowest BCUT2D eigenvalue weighted by molar-refractivity contribution is -0.143. The van der Waals surface area contributed by atoms with Gasteiger partial charge in [-0.15, -0.1) is 0 Å². The van der Waals surface area contributed by atoms with Gasteiger partial charge >= 0.3 is 6.18 Å². The quantitative estimate of drug-likeness (QED) is 0.739. The molecule has 1 atom stereocenters. The van der Waals surface area contributed by atoms with Crippen LogP contribution in [0, 0.1) is 0 Å². The van der Waals surface area contributed by atoms with Crippen molar-refractivity contribution in [2.75, 3.05) is 18.5 Å². The zero-order valence-electron chi connectivity index (χ0n) is 13.9. The highest BCUT2D eigenvalue weighted by Gasteiger charge is 2.41. The van der Waals surface area contributed by atoms with Crippen molar-refractivity contribution in [3.8, 4) is 5.75 Å². The number of nitrogens with zero attached hydrogens (tertiary/aromatic N) is 1. The lowest BCUT2D eigenvalue weighted by Gasteiger charge is -2.40. The van der Waals surface area contributed by atoms with Gasteiger partial charge < -0.3 is 15.0 Å². The number of ether oxygens (including phenoxy) is 1. The SMILES string of the molecule is O=C1c2ccccc2NC(C2=Cc3cc(Br)ccc3OC2)N1CC(F)(F)F. The zero-order chi connectivity index (χ0) is 19.2. The van der Waals surface area contributed by atoms with Gasteiger partial charge in [0, 0.05) is 21.3 Å². The zero-order valence-corrected chi connectivity index (χ0v) is 15.5. The van der Waals surface area contributed by atoms with Crippen LogP contribution in [0.4, 0.5) is 18.9 Å². The number of anilines is 1. The molecule has 1 unspecified atom stereocenters. The molecule has 1 N–H and O–H groups in total. The van der Waals surface area contributed by atoms with E-state index >= 15 is 0 Å². The summed E-state index contributed by atoms with van der Waals surface area (Å²) < 4.78 is 46.0. The molecule has 2 aliphatic heterocycles. The molecular formula is C19H14BrF3N2O2. The van der Waals surface area contributed by atoms with Crippen LogP contribution < -0.4 is 10.1 Å². The number of alkyl halides is 3. The molecule has 0 radical (unpaired) electrons. The monoisotopic (exact) mass is 438 g/mol. The molecule has 4 nitrogen and oxygen atoms in total.